The lowest BCUT2D eigenvalue weighted by Gasteiger charge is -2.44. The molecule has 7 nitrogen and oxygen atoms in total. The van der Waals surface area contributed by atoms with Gasteiger partial charge >= 0.3 is 0 Å². The molecule has 0 aliphatic carbocycles. The van der Waals surface area contributed by atoms with Crippen LogP contribution in [0.2, 0.25) is 0 Å². The molecule has 1 aromatic heterocycles. The van der Waals surface area contributed by atoms with E-state index in [-0.39, 0.29) is 29.2 Å². The van der Waals surface area contributed by atoms with Crippen LogP contribution in [0.25, 0.3) is 0 Å². The summed E-state index contributed by atoms with van der Waals surface area (Å²) in [7, 11) is 0. The first-order chi connectivity index (χ1) is 20.3. The predicted octanol–water partition coefficient (Wildman–Crippen LogP) is 5.84. The topological polar surface area (TPSA) is 74.7 Å². The number of hydrogen-bond donors (Lipinski definition) is 1. The zero-order chi connectivity index (χ0) is 29.4. The molecule has 3 heterocycles. The zero-order valence-electron chi connectivity index (χ0n) is 23.7. The molecular formula is C34H33FN4O3. The molecule has 0 unspecified atom stereocenters. The fraction of sp³-hybridized carbons (Fsp3) is 0.265. The molecule has 0 radical (unpaired) electrons. The molecule has 2 amide bonds. The van der Waals surface area contributed by atoms with Gasteiger partial charge in [-0.1, -0.05) is 18.2 Å². The van der Waals surface area contributed by atoms with Gasteiger partial charge in [-0.15, -0.1) is 0 Å². The van der Waals surface area contributed by atoms with Crippen molar-refractivity contribution in [3.8, 4) is 0 Å². The molecule has 42 heavy (non-hydrogen) atoms. The third kappa shape index (κ3) is 5.32. The SMILES string of the molecule is CCN(C(=O)c1ccc(N2C[C@H]3C[C@@H](C2)c2cccc(=O)n2C3)c(NC(=O)c2ccc(F)cc2)c1)c1cccc(C)c1. The first-order valence-electron chi connectivity index (χ1n) is 14.3. The number of nitrogens with one attached hydrogen (secondary N) is 1. The fourth-order valence-corrected chi connectivity index (χ4v) is 6.33. The number of hydrogen-bond acceptors (Lipinski definition) is 4. The van der Waals surface area contributed by atoms with E-state index >= 15 is 0 Å². The number of piperidine rings is 1. The van der Waals surface area contributed by atoms with E-state index in [1.165, 1.54) is 24.3 Å². The molecule has 2 aliphatic rings. The highest BCUT2D eigenvalue weighted by atomic mass is 19.1. The van der Waals surface area contributed by atoms with Gasteiger partial charge in [0.2, 0.25) is 0 Å². The van der Waals surface area contributed by atoms with Crippen molar-refractivity contribution in [1.29, 1.82) is 0 Å². The van der Waals surface area contributed by atoms with Crippen molar-refractivity contribution in [3.05, 3.63) is 123 Å². The van der Waals surface area contributed by atoms with E-state index in [2.05, 4.69) is 10.2 Å². The Labute approximate surface area is 244 Å². The van der Waals surface area contributed by atoms with Crippen LogP contribution in [-0.2, 0) is 6.54 Å². The molecule has 2 aliphatic heterocycles. The molecule has 2 atom stereocenters. The van der Waals surface area contributed by atoms with E-state index in [1.54, 1.807) is 17.0 Å². The summed E-state index contributed by atoms with van der Waals surface area (Å²) < 4.78 is 15.4. The summed E-state index contributed by atoms with van der Waals surface area (Å²) in [5.74, 6) is -0.535. The molecule has 6 rings (SSSR count). The number of halogens is 1. The van der Waals surface area contributed by atoms with E-state index in [0.29, 0.717) is 43.0 Å². The van der Waals surface area contributed by atoms with Gasteiger partial charge in [-0.25, -0.2) is 4.39 Å². The number of benzene rings is 3. The highest BCUT2D eigenvalue weighted by molar-refractivity contribution is 6.10. The fourth-order valence-electron chi connectivity index (χ4n) is 6.33. The van der Waals surface area contributed by atoms with Gasteiger partial charge in [-0.2, -0.15) is 0 Å². The molecule has 1 saturated heterocycles. The number of aromatic nitrogens is 1. The van der Waals surface area contributed by atoms with Crippen molar-refractivity contribution in [2.24, 2.45) is 5.92 Å². The minimum atomic E-state index is -0.421. The molecule has 0 saturated carbocycles. The number of rotatable bonds is 6. The van der Waals surface area contributed by atoms with Crippen LogP contribution in [0.15, 0.2) is 89.7 Å². The molecular weight excluding hydrogens is 531 g/mol. The highest BCUT2D eigenvalue weighted by Crippen LogP contribution is 2.39. The smallest absolute Gasteiger partial charge is 0.258 e. The van der Waals surface area contributed by atoms with Crippen molar-refractivity contribution < 1.29 is 14.0 Å². The molecule has 0 spiro atoms. The van der Waals surface area contributed by atoms with Crippen molar-refractivity contribution in [2.45, 2.75) is 32.7 Å². The monoisotopic (exact) mass is 564 g/mol. The Morgan fingerprint density at radius 1 is 0.929 bits per heavy atom. The quantitative estimate of drug-likeness (QED) is 0.319. The zero-order valence-corrected chi connectivity index (χ0v) is 23.7. The lowest BCUT2D eigenvalue weighted by Crippen LogP contribution is -2.47. The largest absolute Gasteiger partial charge is 0.369 e. The lowest BCUT2D eigenvalue weighted by molar-refractivity contribution is 0.0985. The van der Waals surface area contributed by atoms with Gasteiger partial charge in [0.25, 0.3) is 17.4 Å². The molecule has 4 aromatic rings. The third-order valence-corrected chi connectivity index (χ3v) is 8.29. The number of anilines is 3. The minimum Gasteiger partial charge on any atom is -0.369 e. The Hall–Kier alpha value is -4.72. The third-order valence-electron chi connectivity index (χ3n) is 8.29. The molecule has 214 valence electrons. The van der Waals surface area contributed by atoms with E-state index in [4.69, 9.17) is 0 Å². The average Bonchev–Trinajstić information content (AvgIpc) is 2.98. The number of amides is 2. The van der Waals surface area contributed by atoms with Crippen molar-refractivity contribution in [3.63, 3.8) is 0 Å². The predicted molar refractivity (Wildman–Crippen MR) is 163 cm³/mol. The van der Waals surface area contributed by atoms with Crippen molar-refractivity contribution in [2.75, 3.05) is 34.8 Å². The summed E-state index contributed by atoms with van der Waals surface area (Å²) in [6, 6.07) is 24.1. The van der Waals surface area contributed by atoms with Crippen LogP contribution in [-0.4, -0.2) is 36.0 Å². The maximum atomic E-state index is 13.8. The van der Waals surface area contributed by atoms with Crippen molar-refractivity contribution >= 4 is 28.9 Å². The molecule has 1 fully saturated rings. The molecule has 8 heteroatoms. The van der Waals surface area contributed by atoms with Gasteiger partial charge in [0, 0.05) is 60.7 Å². The van der Waals surface area contributed by atoms with Crippen LogP contribution in [0.1, 0.15) is 51.2 Å². The van der Waals surface area contributed by atoms with Crippen LogP contribution in [0.5, 0.6) is 0 Å². The lowest BCUT2D eigenvalue weighted by atomic mass is 9.83. The molecule has 3 aromatic carbocycles. The van der Waals surface area contributed by atoms with E-state index in [9.17, 15) is 18.8 Å². The summed E-state index contributed by atoms with van der Waals surface area (Å²) in [5.41, 5.74) is 5.01. The van der Waals surface area contributed by atoms with Gasteiger partial charge in [-0.3, -0.25) is 14.4 Å². The van der Waals surface area contributed by atoms with E-state index < -0.39 is 5.82 Å². The minimum absolute atomic E-state index is 0.0276. The van der Waals surface area contributed by atoms with Crippen LogP contribution >= 0.6 is 0 Å². The van der Waals surface area contributed by atoms with Crippen LogP contribution < -0.4 is 20.7 Å². The second-order valence-electron chi connectivity index (χ2n) is 11.2. The maximum Gasteiger partial charge on any atom is 0.258 e. The summed E-state index contributed by atoms with van der Waals surface area (Å²) in [4.78, 5) is 43.6. The normalized spacial score (nSPS) is 17.4. The van der Waals surface area contributed by atoms with Gasteiger partial charge in [0.05, 0.1) is 11.4 Å². The highest BCUT2D eigenvalue weighted by Gasteiger charge is 2.35. The number of carbonyl (C=O) groups is 2. The average molecular weight is 565 g/mol. The number of aryl methyl sites for hydroxylation is 1. The maximum absolute atomic E-state index is 13.8. The Balaban J connectivity index is 1.36. The Morgan fingerprint density at radius 3 is 2.45 bits per heavy atom. The van der Waals surface area contributed by atoms with E-state index in [1.807, 2.05) is 66.9 Å². The van der Waals surface area contributed by atoms with Crippen LogP contribution in [0, 0.1) is 18.7 Å². The standard InChI is InChI=1S/C34H33FN4O3/c1-3-38(28-7-4-6-22(2)16-28)34(42)25-12-15-31(29(18-25)36-33(41)24-10-13-27(35)14-11-24)37-19-23-17-26(21-37)30-8-5-9-32(40)39(30)20-23/h4-16,18,23,26H,3,17,19-21H2,1-2H3,(H,36,41)/t23-,26+/m1/s1. The molecule has 1 N–H and O–H groups in total. The van der Waals surface area contributed by atoms with E-state index in [0.717, 1.165) is 29.1 Å². The number of nitrogens with zero attached hydrogens (tertiary/aromatic N) is 3. The van der Waals surface area contributed by atoms with Gasteiger partial charge in [0.15, 0.2) is 0 Å². The first kappa shape index (κ1) is 27.4. The van der Waals surface area contributed by atoms with Crippen LogP contribution in [0.3, 0.4) is 0 Å². The summed E-state index contributed by atoms with van der Waals surface area (Å²) in [5, 5.41) is 3.01. The first-order valence-corrected chi connectivity index (χ1v) is 14.3. The second kappa shape index (κ2) is 11.3. The number of carbonyl (C=O) groups excluding carboxylic acids is 2. The Morgan fingerprint density at radius 2 is 1.69 bits per heavy atom. The molecule has 2 bridgehead atoms. The van der Waals surface area contributed by atoms with Gasteiger partial charge in [-0.05, 0) is 92.4 Å². The Bertz CT molecular complexity index is 1710. The van der Waals surface area contributed by atoms with Gasteiger partial charge in [0.1, 0.15) is 5.82 Å². The Kier molecular flexibility index (Phi) is 7.37. The van der Waals surface area contributed by atoms with Crippen LogP contribution in [0.4, 0.5) is 21.5 Å². The number of pyridine rings is 1. The summed E-state index contributed by atoms with van der Waals surface area (Å²) in [6.45, 7) is 6.45. The van der Waals surface area contributed by atoms with Gasteiger partial charge < -0.3 is 19.7 Å². The summed E-state index contributed by atoms with van der Waals surface area (Å²) in [6.07, 6.45) is 0.996. The summed E-state index contributed by atoms with van der Waals surface area (Å²) >= 11 is 0. The van der Waals surface area contributed by atoms with Crippen molar-refractivity contribution in [1.82, 2.24) is 4.57 Å². The second-order valence-corrected chi connectivity index (χ2v) is 11.2. The number of fused-ring (bicyclic) bond motifs is 4.